The normalized spacial score (nSPS) is 15.8. The molecule has 0 aromatic rings. The summed E-state index contributed by atoms with van der Waals surface area (Å²) in [5, 5.41) is 0. The second-order valence-corrected chi connectivity index (χ2v) is 10.3. The van der Waals surface area contributed by atoms with Crippen LogP contribution in [0.2, 0.25) is 0 Å². The molecule has 0 spiro atoms. The second-order valence-electron chi connectivity index (χ2n) is 5.67. The van der Waals surface area contributed by atoms with Gasteiger partial charge in [0.05, 0.1) is 5.70 Å². The Hall–Kier alpha value is -0.297. The summed E-state index contributed by atoms with van der Waals surface area (Å²) in [5.41, 5.74) is 3.70. The molecule has 4 heteroatoms. The van der Waals surface area contributed by atoms with E-state index in [-0.39, 0.29) is 47.6 Å². The van der Waals surface area contributed by atoms with E-state index >= 15 is 0 Å². The number of aliphatic imine (C=N–C) groups is 1. The van der Waals surface area contributed by atoms with Crippen molar-refractivity contribution in [1.29, 1.82) is 0 Å². The number of fused-ring (bicyclic) bond motifs is 1. The molecule has 0 saturated heterocycles. The molecule has 1 heterocycles. The van der Waals surface area contributed by atoms with E-state index in [1.807, 2.05) is 0 Å². The third-order valence-electron chi connectivity index (χ3n) is 3.38. The molecule has 3 aliphatic rings. The first-order valence-corrected chi connectivity index (χ1v) is 10.3. The van der Waals surface area contributed by atoms with Gasteiger partial charge in [0.2, 0.25) is 0 Å². The Morgan fingerprint density at radius 2 is 1.96 bits per heavy atom. The minimum absolute atomic E-state index is 0. The third-order valence-corrected chi connectivity index (χ3v) is 6.31. The maximum Gasteiger partial charge on any atom is -1.00 e. The molecule has 0 N–H and O–H groups in total. The van der Waals surface area contributed by atoms with Crippen LogP contribution in [0.5, 0.6) is 0 Å². The number of unbranched alkanes of at least 4 members (excludes halogenated alkanes) is 1. The van der Waals surface area contributed by atoms with E-state index in [2.05, 4.69) is 68.3 Å². The van der Waals surface area contributed by atoms with Gasteiger partial charge in [0.15, 0.2) is 0 Å². The van der Waals surface area contributed by atoms with E-state index in [1.165, 1.54) is 30.5 Å². The molecule has 0 fully saturated rings. The topological polar surface area (TPSA) is 12.4 Å². The van der Waals surface area contributed by atoms with Crippen molar-refractivity contribution in [2.75, 3.05) is 0 Å². The van der Waals surface area contributed by atoms with Gasteiger partial charge in [-0.3, -0.25) is 4.99 Å². The molecule has 0 bridgehead atoms. The van der Waals surface area contributed by atoms with Crippen LogP contribution in [-0.4, -0.2) is 8.92 Å². The summed E-state index contributed by atoms with van der Waals surface area (Å²) >= 11 is -0.220. The average Bonchev–Trinajstić information content (AvgIpc) is 3.12. The summed E-state index contributed by atoms with van der Waals surface area (Å²) < 4.78 is 3.40. The second kappa shape index (κ2) is 12.1. The quantitative estimate of drug-likeness (QED) is 0.553. The number of hydrogen-bond donors (Lipinski definition) is 0. The predicted molar refractivity (Wildman–Crippen MR) is 90.5 cm³/mol. The van der Waals surface area contributed by atoms with E-state index in [0.29, 0.717) is 0 Å². The number of halogens is 2. The first-order chi connectivity index (χ1) is 10.2. The number of nitrogens with zero attached hydrogens (tertiary/aromatic N) is 1. The minimum Gasteiger partial charge on any atom is -1.00 e. The summed E-state index contributed by atoms with van der Waals surface area (Å²) in [4.78, 5) is 4.51. The zero-order valence-corrected chi connectivity index (χ0v) is 18.0. The molecule has 3 rings (SSSR count). The first kappa shape index (κ1) is 22.7. The monoisotopic (exact) mass is 426 g/mol. The van der Waals surface area contributed by atoms with Crippen LogP contribution in [0.1, 0.15) is 46.5 Å². The van der Waals surface area contributed by atoms with Gasteiger partial charge in [-0.05, 0) is 25.0 Å². The van der Waals surface area contributed by atoms with Crippen molar-refractivity contribution in [3.8, 4) is 0 Å². The van der Waals surface area contributed by atoms with Crippen LogP contribution < -0.4 is 24.8 Å². The molecule has 123 valence electrons. The Labute approximate surface area is 164 Å². The molecule has 0 aromatic heterocycles. The van der Waals surface area contributed by atoms with Gasteiger partial charge in [0.25, 0.3) is 0 Å². The fourth-order valence-electron chi connectivity index (χ4n) is 2.36. The van der Waals surface area contributed by atoms with Crippen molar-refractivity contribution in [3.63, 3.8) is 0 Å². The van der Waals surface area contributed by atoms with E-state index < -0.39 is 0 Å². The van der Waals surface area contributed by atoms with Crippen molar-refractivity contribution < 1.29 is 47.6 Å². The fraction of sp³-hybridized carbons (Fsp3) is 0.368. The maximum absolute atomic E-state index is 4.51. The SMILES string of the molecule is CCCCC1=NC2=CC=CC2=C1.C[C](C)=[Zr+2][C]1=CC=CC1.[Cl-].[Cl-]. The van der Waals surface area contributed by atoms with Crippen molar-refractivity contribution >= 4 is 8.92 Å². The summed E-state index contributed by atoms with van der Waals surface area (Å²) in [6, 6.07) is 0. The van der Waals surface area contributed by atoms with E-state index in [1.54, 1.807) is 6.49 Å². The van der Waals surface area contributed by atoms with Crippen LogP contribution in [0.4, 0.5) is 0 Å². The fourth-order valence-corrected chi connectivity index (χ4v) is 4.92. The molecule has 23 heavy (non-hydrogen) atoms. The summed E-state index contributed by atoms with van der Waals surface area (Å²) in [6.07, 6.45) is 20.0. The van der Waals surface area contributed by atoms with Gasteiger partial charge in [0.1, 0.15) is 0 Å². The molecule has 0 aromatic carbocycles. The molecular weight excluding hydrogens is 404 g/mol. The Kier molecular flexibility index (Phi) is 12.0. The zero-order chi connectivity index (χ0) is 15.1. The van der Waals surface area contributed by atoms with Gasteiger partial charge in [-0.1, -0.05) is 25.5 Å². The largest absolute Gasteiger partial charge is 1.00 e. The van der Waals surface area contributed by atoms with Gasteiger partial charge >= 0.3 is 67.7 Å². The molecule has 0 atom stereocenters. The van der Waals surface area contributed by atoms with Crippen molar-refractivity contribution in [2.45, 2.75) is 46.5 Å². The third kappa shape index (κ3) is 7.88. The molecule has 2 aliphatic carbocycles. The maximum atomic E-state index is 4.51. The minimum atomic E-state index is -0.220. The average molecular weight is 429 g/mol. The van der Waals surface area contributed by atoms with Crippen LogP contribution in [0.25, 0.3) is 0 Å². The van der Waals surface area contributed by atoms with Crippen LogP contribution in [-0.2, 0) is 22.8 Å². The van der Waals surface area contributed by atoms with Crippen LogP contribution in [0.3, 0.4) is 0 Å². The molecule has 0 saturated carbocycles. The summed E-state index contributed by atoms with van der Waals surface area (Å²) in [6.45, 7) is 6.72. The molecule has 1 nitrogen and oxygen atoms in total. The van der Waals surface area contributed by atoms with Crippen LogP contribution in [0.15, 0.2) is 62.1 Å². The van der Waals surface area contributed by atoms with Gasteiger partial charge in [0, 0.05) is 11.3 Å². The van der Waals surface area contributed by atoms with Crippen molar-refractivity contribution in [2.24, 2.45) is 4.99 Å². The molecular formula is C19H24Cl2NZr. The zero-order valence-electron chi connectivity index (χ0n) is 14.1. The van der Waals surface area contributed by atoms with E-state index in [4.69, 9.17) is 0 Å². The summed E-state index contributed by atoms with van der Waals surface area (Å²) in [7, 11) is 0. The number of allylic oxidation sites excluding steroid dienone is 8. The van der Waals surface area contributed by atoms with E-state index in [9.17, 15) is 0 Å². The summed E-state index contributed by atoms with van der Waals surface area (Å²) in [5.74, 6) is 0. The van der Waals surface area contributed by atoms with Crippen molar-refractivity contribution in [3.05, 3.63) is 57.1 Å². The van der Waals surface area contributed by atoms with Gasteiger partial charge in [-0.25, -0.2) is 0 Å². The van der Waals surface area contributed by atoms with Crippen LogP contribution in [0, 0.1) is 0 Å². The Balaban J connectivity index is 0.000000401. The Bertz CT molecular complexity index is 601. The molecule has 0 unspecified atom stereocenters. The van der Waals surface area contributed by atoms with Gasteiger partial charge in [-0.15, -0.1) is 0 Å². The standard InChI is InChI=1S/C11H13N.C5H5.C3H6.2ClH.Zr/c1-2-3-6-10-8-9-5-4-7-11(9)12-10;1-2-4-5-3-1;1-3-2;;;/h4-5,7-8H,2-3,6H2,1H3;1-3H,4H2;1-2H3;2*1H;/q;;;;;+2/p-2. The molecule has 0 amide bonds. The van der Waals surface area contributed by atoms with Crippen molar-refractivity contribution in [1.82, 2.24) is 0 Å². The predicted octanol–water partition coefficient (Wildman–Crippen LogP) is -0.856. The Morgan fingerprint density at radius 1 is 1.17 bits per heavy atom. The smallest absolute Gasteiger partial charge is 1.00 e. The van der Waals surface area contributed by atoms with Crippen LogP contribution >= 0.6 is 0 Å². The van der Waals surface area contributed by atoms with E-state index in [0.717, 1.165) is 12.1 Å². The Morgan fingerprint density at radius 3 is 2.52 bits per heavy atom. The molecule has 0 radical (unpaired) electrons. The van der Waals surface area contributed by atoms with Gasteiger partial charge < -0.3 is 24.8 Å². The first-order valence-electron chi connectivity index (χ1n) is 7.80. The van der Waals surface area contributed by atoms with Gasteiger partial charge in [-0.2, -0.15) is 0 Å². The number of rotatable bonds is 4. The molecule has 1 aliphatic heterocycles. The number of hydrogen-bond acceptors (Lipinski definition) is 1.